The van der Waals surface area contributed by atoms with Gasteiger partial charge in [0.1, 0.15) is 22.2 Å². The number of alkyl halides is 3. The zero-order valence-electron chi connectivity index (χ0n) is 15.3. The molecule has 0 saturated carbocycles. The maximum Gasteiger partial charge on any atom is 0.416 e. The summed E-state index contributed by atoms with van der Waals surface area (Å²) in [6.07, 6.45) is -3.25. The molecule has 2 N–H and O–H groups in total. The van der Waals surface area contributed by atoms with Crippen molar-refractivity contribution in [1.29, 1.82) is 0 Å². The minimum Gasteiger partial charge on any atom is -0.306 e. The van der Waals surface area contributed by atoms with Gasteiger partial charge in [-0.15, -0.1) is 0 Å². The number of hydrogen-bond donors (Lipinski definition) is 2. The van der Waals surface area contributed by atoms with Crippen molar-refractivity contribution in [2.75, 3.05) is 5.32 Å². The average Bonchev–Trinajstić information content (AvgIpc) is 2.69. The van der Waals surface area contributed by atoms with Crippen LogP contribution in [0, 0.1) is 11.6 Å². The van der Waals surface area contributed by atoms with Gasteiger partial charge < -0.3 is 5.32 Å². The molecule has 0 aliphatic heterocycles. The molecule has 0 fully saturated rings. The van der Waals surface area contributed by atoms with Crippen molar-refractivity contribution in [3.05, 3.63) is 83.6 Å². The lowest BCUT2D eigenvalue weighted by Gasteiger charge is -2.09. The van der Waals surface area contributed by atoms with E-state index in [1.165, 1.54) is 30.5 Å². The molecule has 160 valence electrons. The fraction of sp³-hybridized carbons (Fsp3) is 0.0500. The third-order valence-corrected chi connectivity index (χ3v) is 4.74. The first-order valence-corrected chi connectivity index (χ1v) is 9.32. The number of aromatic nitrogens is 1. The van der Waals surface area contributed by atoms with E-state index in [4.69, 9.17) is 0 Å². The largest absolute Gasteiger partial charge is 0.416 e. The number of benzene rings is 2. The predicted molar refractivity (Wildman–Crippen MR) is 103 cm³/mol. The summed E-state index contributed by atoms with van der Waals surface area (Å²) in [5.74, 6) is -3.51. The smallest absolute Gasteiger partial charge is 0.306 e. The summed E-state index contributed by atoms with van der Waals surface area (Å²) in [6, 6.07) is 9.34. The molecule has 3 amide bonds. The number of nitrogens with zero attached hydrogens (tertiary/aromatic N) is 1. The van der Waals surface area contributed by atoms with E-state index in [0.717, 1.165) is 42.1 Å². The molecule has 3 aromatic rings. The number of amides is 3. The summed E-state index contributed by atoms with van der Waals surface area (Å²) in [4.78, 5) is 28.1. The first kappa shape index (κ1) is 22.2. The van der Waals surface area contributed by atoms with Crippen LogP contribution in [0.15, 0.2) is 70.7 Å². The van der Waals surface area contributed by atoms with Crippen LogP contribution in [0.5, 0.6) is 0 Å². The lowest BCUT2D eigenvalue weighted by Crippen LogP contribution is -2.35. The van der Waals surface area contributed by atoms with E-state index < -0.39 is 40.9 Å². The Bertz CT molecular complexity index is 1100. The molecular formula is C20H12F5N3O2S. The number of rotatable bonds is 4. The average molecular weight is 453 g/mol. The van der Waals surface area contributed by atoms with Crippen molar-refractivity contribution in [3.8, 4) is 0 Å². The van der Waals surface area contributed by atoms with Crippen LogP contribution in [0.2, 0.25) is 0 Å². The second-order valence-corrected chi connectivity index (χ2v) is 7.11. The number of halogens is 5. The van der Waals surface area contributed by atoms with E-state index in [-0.39, 0.29) is 5.69 Å². The number of hydrogen-bond acceptors (Lipinski definition) is 4. The number of anilines is 1. The Morgan fingerprint density at radius 2 is 1.61 bits per heavy atom. The Morgan fingerprint density at radius 3 is 2.23 bits per heavy atom. The van der Waals surface area contributed by atoms with Gasteiger partial charge in [0, 0.05) is 4.90 Å². The van der Waals surface area contributed by atoms with Gasteiger partial charge in [-0.1, -0.05) is 23.9 Å². The Morgan fingerprint density at radius 1 is 0.935 bits per heavy atom. The summed E-state index contributed by atoms with van der Waals surface area (Å²) in [5.41, 5.74) is -1.54. The van der Waals surface area contributed by atoms with Gasteiger partial charge in [-0.05, 0) is 42.5 Å². The third-order valence-electron chi connectivity index (χ3n) is 3.79. The van der Waals surface area contributed by atoms with Crippen LogP contribution in [-0.4, -0.2) is 16.9 Å². The summed E-state index contributed by atoms with van der Waals surface area (Å²) in [7, 11) is 0. The number of carbonyl (C=O) groups is 2. The highest BCUT2D eigenvalue weighted by molar-refractivity contribution is 7.99. The molecule has 3 rings (SSSR count). The topological polar surface area (TPSA) is 71.1 Å². The monoisotopic (exact) mass is 453 g/mol. The number of urea groups is 1. The Labute approximate surface area is 176 Å². The van der Waals surface area contributed by atoms with Gasteiger partial charge in [0.05, 0.1) is 17.4 Å². The molecule has 31 heavy (non-hydrogen) atoms. The summed E-state index contributed by atoms with van der Waals surface area (Å²) < 4.78 is 65.5. The molecule has 0 saturated heterocycles. The molecule has 0 radical (unpaired) electrons. The van der Waals surface area contributed by atoms with Gasteiger partial charge in [-0.3, -0.25) is 10.1 Å². The highest BCUT2D eigenvalue weighted by atomic mass is 32.2. The van der Waals surface area contributed by atoms with Gasteiger partial charge in [0.25, 0.3) is 5.91 Å². The van der Waals surface area contributed by atoms with E-state index in [1.54, 1.807) is 5.32 Å². The highest BCUT2D eigenvalue weighted by Crippen LogP contribution is 2.33. The van der Waals surface area contributed by atoms with Crippen LogP contribution in [0.25, 0.3) is 0 Å². The number of pyridine rings is 1. The summed E-state index contributed by atoms with van der Waals surface area (Å²) in [6.45, 7) is 0. The number of nitrogens with one attached hydrogen (secondary N) is 2. The molecule has 0 aliphatic rings. The van der Waals surface area contributed by atoms with E-state index in [0.29, 0.717) is 9.92 Å². The van der Waals surface area contributed by atoms with Crippen molar-refractivity contribution in [3.63, 3.8) is 0 Å². The van der Waals surface area contributed by atoms with Crippen LogP contribution in [0.1, 0.15) is 15.9 Å². The van der Waals surface area contributed by atoms with E-state index in [1.807, 2.05) is 0 Å². The van der Waals surface area contributed by atoms with Gasteiger partial charge in [0.15, 0.2) is 0 Å². The number of imide groups is 1. The van der Waals surface area contributed by atoms with Crippen molar-refractivity contribution in [2.45, 2.75) is 16.1 Å². The Kier molecular flexibility index (Phi) is 6.54. The zero-order chi connectivity index (χ0) is 22.6. The van der Waals surface area contributed by atoms with Crippen LogP contribution >= 0.6 is 11.8 Å². The summed E-state index contributed by atoms with van der Waals surface area (Å²) in [5, 5.41) is 4.41. The molecular weight excluding hydrogens is 441 g/mol. The van der Waals surface area contributed by atoms with Crippen LogP contribution < -0.4 is 10.6 Å². The molecule has 0 aliphatic carbocycles. The van der Waals surface area contributed by atoms with Gasteiger partial charge in [-0.2, -0.15) is 13.2 Å². The normalized spacial score (nSPS) is 11.1. The maximum absolute atomic E-state index is 13.6. The molecule has 2 aromatic carbocycles. The van der Waals surface area contributed by atoms with Crippen molar-refractivity contribution in [2.24, 2.45) is 0 Å². The minimum absolute atomic E-state index is 0.146. The molecule has 5 nitrogen and oxygen atoms in total. The second kappa shape index (κ2) is 9.13. The lowest BCUT2D eigenvalue weighted by molar-refractivity contribution is -0.137. The van der Waals surface area contributed by atoms with E-state index in [2.05, 4.69) is 10.3 Å². The molecule has 1 heterocycles. The van der Waals surface area contributed by atoms with Crippen molar-refractivity contribution >= 4 is 29.4 Å². The van der Waals surface area contributed by atoms with Crippen LogP contribution in [-0.2, 0) is 6.18 Å². The predicted octanol–water partition coefficient (Wildman–Crippen LogP) is 5.49. The first-order chi connectivity index (χ1) is 14.6. The summed E-state index contributed by atoms with van der Waals surface area (Å²) >= 11 is 0.980. The van der Waals surface area contributed by atoms with Gasteiger partial charge in [-0.25, -0.2) is 18.6 Å². The quantitative estimate of drug-likeness (QED) is 0.513. The second-order valence-electron chi connectivity index (χ2n) is 6.02. The molecule has 0 atom stereocenters. The van der Waals surface area contributed by atoms with Gasteiger partial charge in [0.2, 0.25) is 0 Å². The van der Waals surface area contributed by atoms with Gasteiger partial charge >= 0.3 is 12.2 Å². The standard InChI is InChI=1S/C20H12F5N3O2S/c21-14-5-2-6-15(22)17(14)18(29)28-19(30)27-12-7-8-16(26-10-12)31-13-4-1-3-11(9-13)20(23,24)25/h1-10H,(H2,27,28,29,30). The maximum atomic E-state index is 13.6. The molecule has 0 unspecified atom stereocenters. The fourth-order valence-electron chi connectivity index (χ4n) is 2.41. The van der Waals surface area contributed by atoms with E-state index in [9.17, 15) is 31.5 Å². The van der Waals surface area contributed by atoms with Crippen molar-refractivity contribution in [1.82, 2.24) is 10.3 Å². The van der Waals surface area contributed by atoms with Crippen LogP contribution in [0.3, 0.4) is 0 Å². The molecule has 0 bridgehead atoms. The van der Waals surface area contributed by atoms with Crippen LogP contribution in [0.4, 0.5) is 32.4 Å². The van der Waals surface area contributed by atoms with Crippen molar-refractivity contribution < 1.29 is 31.5 Å². The molecule has 0 spiro atoms. The third kappa shape index (κ3) is 5.79. The first-order valence-electron chi connectivity index (χ1n) is 8.51. The number of carbonyl (C=O) groups excluding carboxylic acids is 2. The fourth-order valence-corrected chi connectivity index (χ4v) is 3.23. The molecule has 11 heteroatoms. The Balaban J connectivity index is 1.62. The Hall–Kier alpha value is -3.47. The lowest BCUT2D eigenvalue weighted by atomic mass is 10.2. The SMILES string of the molecule is O=C(NC(=O)c1c(F)cccc1F)Nc1ccc(Sc2cccc(C(F)(F)F)c2)nc1. The van der Waals surface area contributed by atoms with E-state index >= 15 is 0 Å². The minimum atomic E-state index is -4.46. The highest BCUT2D eigenvalue weighted by Gasteiger charge is 2.30. The zero-order valence-corrected chi connectivity index (χ0v) is 16.2. The molecule has 1 aromatic heterocycles.